The fraction of sp³-hybridized carbons (Fsp3) is 0.909. The van der Waals surface area contributed by atoms with E-state index in [-0.39, 0.29) is 29.9 Å². The topological polar surface area (TPSA) is 60.0 Å². The zero-order valence-electron chi connectivity index (χ0n) is 18.5. The van der Waals surface area contributed by atoms with Crippen molar-refractivity contribution in [2.75, 3.05) is 39.3 Å². The molecule has 3 fully saturated rings. The fourth-order valence-corrected chi connectivity index (χ4v) is 5.01. The summed E-state index contributed by atoms with van der Waals surface area (Å²) in [5.74, 6) is 1.59. The highest BCUT2D eigenvalue weighted by Gasteiger charge is 2.31. The van der Waals surface area contributed by atoms with Gasteiger partial charge in [0.15, 0.2) is 5.96 Å². The van der Waals surface area contributed by atoms with E-state index in [4.69, 9.17) is 4.99 Å². The first kappa shape index (κ1) is 24.7. The molecule has 3 rings (SSSR count). The fourth-order valence-electron chi connectivity index (χ4n) is 5.01. The van der Waals surface area contributed by atoms with Crippen molar-refractivity contribution in [2.24, 2.45) is 10.9 Å². The smallest absolute Gasteiger partial charge is 0.225 e. The zero-order chi connectivity index (χ0) is 19.8. The van der Waals surface area contributed by atoms with Crippen LogP contribution in [-0.4, -0.2) is 73.0 Å². The van der Waals surface area contributed by atoms with E-state index in [0.717, 1.165) is 57.8 Å². The van der Waals surface area contributed by atoms with Crippen LogP contribution in [0.25, 0.3) is 0 Å². The minimum Gasteiger partial charge on any atom is -0.357 e. The number of amides is 1. The average molecular weight is 520 g/mol. The Kier molecular flexibility index (Phi) is 11.0. The Balaban J connectivity index is 0.00000300. The molecule has 0 aromatic rings. The van der Waals surface area contributed by atoms with Gasteiger partial charge in [-0.25, -0.2) is 0 Å². The number of halogens is 1. The number of carbonyl (C=O) groups is 1. The second-order valence-electron chi connectivity index (χ2n) is 8.77. The summed E-state index contributed by atoms with van der Waals surface area (Å²) in [5, 5.41) is 7.01. The molecule has 2 saturated heterocycles. The summed E-state index contributed by atoms with van der Waals surface area (Å²) in [6, 6.07) is 0.864. The molecule has 6 nitrogen and oxygen atoms in total. The number of nitrogens with one attached hydrogen (secondary N) is 2. The van der Waals surface area contributed by atoms with Crippen molar-refractivity contribution in [1.82, 2.24) is 20.4 Å². The van der Waals surface area contributed by atoms with Crippen LogP contribution in [0.2, 0.25) is 0 Å². The van der Waals surface area contributed by atoms with Crippen LogP contribution in [0.3, 0.4) is 0 Å². The van der Waals surface area contributed by atoms with Crippen LogP contribution in [-0.2, 0) is 4.79 Å². The molecule has 168 valence electrons. The van der Waals surface area contributed by atoms with Crippen molar-refractivity contribution < 1.29 is 4.79 Å². The van der Waals surface area contributed by atoms with Crippen LogP contribution in [0.1, 0.15) is 71.6 Å². The molecule has 2 N–H and O–H groups in total. The standard InChI is InChI=1S/C22H41N5O.HI/c1-3-20(26-13-8-9-14-26)16-24-22(23-4-2)25-19-12-15-27(17-19)21(28)18-10-6-5-7-11-18;/h18-20H,3-17H2,1-2H3,(H2,23,24,25);1H. The molecule has 7 heteroatoms. The van der Waals surface area contributed by atoms with Crippen molar-refractivity contribution in [2.45, 2.75) is 83.7 Å². The highest BCUT2D eigenvalue weighted by molar-refractivity contribution is 14.0. The van der Waals surface area contributed by atoms with Gasteiger partial charge in [0, 0.05) is 37.6 Å². The molecular formula is C22H42IN5O. The molecule has 1 saturated carbocycles. The van der Waals surface area contributed by atoms with Gasteiger partial charge in [0.2, 0.25) is 5.91 Å². The lowest BCUT2D eigenvalue weighted by Crippen LogP contribution is -2.46. The largest absolute Gasteiger partial charge is 0.357 e. The maximum atomic E-state index is 12.8. The molecular weight excluding hydrogens is 477 g/mol. The Morgan fingerprint density at radius 2 is 1.76 bits per heavy atom. The van der Waals surface area contributed by atoms with Gasteiger partial charge in [-0.15, -0.1) is 24.0 Å². The Morgan fingerprint density at radius 3 is 2.41 bits per heavy atom. The molecule has 1 aliphatic carbocycles. The van der Waals surface area contributed by atoms with Gasteiger partial charge in [-0.2, -0.15) is 0 Å². The van der Waals surface area contributed by atoms with Gasteiger partial charge in [-0.1, -0.05) is 26.2 Å². The number of hydrogen-bond acceptors (Lipinski definition) is 3. The molecule has 0 aromatic carbocycles. The summed E-state index contributed by atoms with van der Waals surface area (Å²) >= 11 is 0. The molecule has 0 aromatic heterocycles. The number of guanidine groups is 1. The van der Waals surface area contributed by atoms with Gasteiger partial charge < -0.3 is 15.5 Å². The number of nitrogens with zero attached hydrogens (tertiary/aromatic N) is 3. The maximum absolute atomic E-state index is 12.8. The van der Waals surface area contributed by atoms with Crippen molar-refractivity contribution >= 4 is 35.8 Å². The molecule has 2 heterocycles. The second kappa shape index (κ2) is 13.0. The number of aliphatic imine (C=N–C) groups is 1. The monoisotopic (exact) mass is 519 g/mol. The van der Waals surface area contributed by atoms with Crippen LogP contribution >= 0.6 is 24.0 Å². The lowest BCUT2D eigenvalue weighted by molar-refractivity contribution is -0.135. The predicted octanol–water partition coefficient (Wildman–Crippen LogP) is 3.22. The van der Waals surface area contributed by atoms with Crippen LogP contribution < -0.4 is 10.6 Å². The minimum absolute atomic E-state index is 0. The quantitative estimate of drug-likeness (QED) is 0.308. The third-order valence-electron chi connectivity index (χ3n) is 6.73. The summed E-state index contributed by atoms with van der Waals surface area (Å²) in [4.78, 5) is 22.4. The summed E-state index contributed by atoms with van der Waals surface area (Å²) in [7, 11) is 0. The third-order valence-corrected chi connectivity index (χ3v) is 6.73. The Bertz CT molecular complexity index is 517. The van der Waals surface area contributed by atoms with E-state index in [1.807, 2.05) is 0 Å². The maximum Gasteiger partial charge on any atom is 0.225 e. The molecule has 1 amide bonds. The average Bonchev–Trinajstić information content (AvgIpc) is 3.41. The van der Waals surface area contributed by atoms with Crippen molar-refractivity contribution in [3.8, 4) is 0 Å². The summed E-state index contributed by atoms with van der Waals surface area (Å²) < 4.78 is 0. The third kappa shape index (κ3) is 7.26. The van der Waals surface area contributed by atoms with Crippen LogP contribution in [0, 0.1) is 5.92 Å². The van der Waals surface area contributed by atoms with Gasteiger partial charge in [-0.3, -0.25) is 14.7 Å². The number of hydrogen-bond donors (Lipinski definition) is 2. The van der Waals surface area contributed by atoms with E-state index in [0.29, 0.717) is 18.0 Å². The van der Waals surface area contributed by atoms with E-state index in [9.17, 15) is 4.79 Å². The second-order valence-corrected chi connectivity index (χ2v) is 8.77. The van der Waals surface area contributed by atoms with Gasteiger partial charge in [0.25, 0.3) is 0 Å². The summed E-state index contributed by atoms with van der Waals surface area (Å²) in [6.07, 6.45) is 10.7. The predicted molar refractivity (Wildman–Crippen MR) is 131 cm³/mol. The molecule has 29 heavy (non-hydrogen) atoms. The van der Waals surface area contributed by atoms with Gasteiger partial charge in [-0.05, 0) is 58.5 Å². The normalized spacial score (nSPS) is 25.0. The lowest BCUT2D eigenvalue weighted by atomic mass is 9.88. The summed E-state index contributed by atoms with van der Waals surface area (Å²) in [5.41, 5.74) is 0. The van der Waals surface area contributed by atoms with Crippen LogP contribution in [0.5, 0.6) is 0 Å². The first-order valence-electron chi connectivity index (χ1n) is 11.8. The highest BCUT2D eigenvalue weighted by Crippen LogP contribution is 2.26. The molecule has 2 unspecified atom stereocenters. The first-order valence-corrected chi connectivity index (χ1v) is 11.8. The Hall–Kier alpha value is -0.570. The van der Waals surface area contributed by atoms with Crippen molar-refractivity contribution in [1.29, 1.82) is 0 Å². The van der Waals surface area contributed by atoms with Crippen LogP contribution in [0.15, 0.2) is 4.99 Å². The van der Waals surface area contributed by atoms with Crippen molar-refractivity contribution in [3.63, 3.8) is 0 Å². The molecule has 2 aliphatic heterocycles. The number of carbonyl (C=O) groups excluding carboxylic acids is 1. The molecule has 3 aliphatic rings. The van der Waals surface area contributed by atoms with E-state index < -0.39 is 0 Å². The Morgan fingerprint density at radius 1 is 1.03 bits per heavy atom. The molecule has 2 atom stereocenters. The van der Waals surface area contributed by atoms with E-state index in [1.54, 1.807) is 0 Å². The molecule has 0 radical (unpaired) electrons. The minimum atomic E-state index is 0. The SMILES string of the molecule is CCNC(=NCC(CC)N1CCCC1)NC1CCN(C(=O)C2CCCCC2)C1.I. The van der Waals surface area contributed by atoms with Crippen LogP contribution in [0.4, 0.5) is 0 Å². The Labute approximate surface area is 194 Å². The van der Waals surface area contributed by atoms with Gasteiger partial charge in [0.1, 0.15) is 0 Å². The zero-order valence-corrected chi connectivity index (χ0v) is 20.8. The first-order chi connectivity index (χ1) is 13.7. The van der Waals surface area contributed by atoms with E-state index in [2.05, 4.69) is 34.3 Å². The van der Waals surface area contributed by atoms with Gasteiger partial charge in [0.05, 0.1) is 6.54 Å². The van der Waals surface area contributed by atoms with Crippen molar-refractivity contribution in [3.05, 3.63) is 0 Å². The molecule has 0 bridgehead atoms. The van der Waals surface area contributed by atoms with E-state index >= 15 is 0 Å². The number of rotatable bonds is 7. The van der Waals surface area contributed by atoms with Gasteiger partial charge >= 0.3 is 0 Å². The lowest BCUT2D eigenvalue weighted by Gasteiger charge is -2.27. The number of likely N-dealkylation sites (tertiary alicyclic amines) is 2. The summed E-state index contributed by atoms with van der Waals surface area (Å²) in [6.45, 7) is 10.2. The highest BCUT2D eigenvalue weighted by atomic mass is 127. The van der Waals surface area contributed by atoms with E-state index in [1.165, 1.54) is 45.2 Å². The molecule has 0 spiro atoms.